The fraction of sp³-hybridized carbons (Fsp3) is 0.318. The van der Waals surface area contributed by atoms with Crippen molar-refractivity contribution in [1.82, 2.24) is 4.57 Å². The zero-order valence-corrected chi connectivity index (χ0v) is 18.7. The van der Waals surface area contributed by atoms with Crippen molar-refractivity contribution >= 4 is 45.2 Å². The molecule has 1 heterocycles. The highest BCUT2D eigenvalue weighted by atomic mass is 32.2. The van der Waals surface area contributed by atoms with Gasteiger partial charge in [0.15, 0.2) is 4.80 Å². The van der Waals surface area contributed by atoms with Gasteiger partial charge in [-0.2, -0.15) is 16.8 Å². The number of carbonyl (C=O) groups excluding carboxylic acids is 2. The third kappa shape index (κ3) is 4.97. The van der Waals surface area contributed by atoms with E-state index in [0.717, 1.165) is 39.2 Å². The molecular formula is C22H24N2O3S2. The predicted octanol–water partition coefficient (Wildman–Crippen LogP) is 4.14. The zero-order chi connectivity index (χ0) is 21.0. The maximum absolute atomic E-state index is 12.7. The van der Waals surface area contributed by atoms with Gasteiger partial charge in [0.1, 0.15) is 0 Å². The summed E-state index contributed by atoms with van der Waals surface area (Å²) in [5, 5.41) is 0. The molecule has 3 rings (SSSR count). The molecule has 0 aliphatic heterocycles. The topological polar surface area (TPSA) is 60.7 Å². The van der Waals surface area contributed by atoms with Gasteiger partial charge in [0.05, 0.1) is 29.3 Å². The fourth-order valence-electron chi connectivity index (χ4n) is 3.10. The number of hydrogen-bond acceptors (Lipinski definition) is 5. The fourth-order valence-corrected chi connectivity index (χ4v) is 4.58. The van der Waals surface area contributed by atoms with Crippen molar-refractivity contribution in [1.29, 1.82) is 0 Å². The van der Waals surface area contributed by atoms with E-state index in [9.17, 15) is 9.59 Å². The van der Waals surface area contributed by atoms with E-state index < -0.39 is 0 Å². The molecule has 0 fully saturated rings. The first-order valence-corrected chi connectivity index (χ1v) is 11.5. The normalized spacial score (nSPS) is 11.8. The molecule has 3 aromatic rings. The molecule has 0 bridgehead atoms. The summed E-state index contributed by atoms with van der Waals surface area (Å²) in [5.41, 5.74) is 4.68. The van der Waals surface area contributed by atoms with Crippen LogP contribution in [-0.2, 0) is 22.5 Å². The minimum atomic E-state index is -0.375. The van der Waals surface area contributed by atoms with Gasteiger partial charge in [-0.3, -0.25) is 4.79 Å². The number of hydrogen-bond donors (Lipinski definition) is 0. The van der Waals surface area contributed by atoms with E-state index in [1.807, 2.05) is 44.4 Å². The number of ether oxygens (including phenoxy) is 1. The second-order valence-electron chi connectivity index (χ2n) is 6.82. The lowest BCUT2D eigenvalue weighted by Gasteiger charge is -2.06. The molecule has 0 radical (unpaired) electrons. The van der Waals surface area contributed by atoms with Crippen LogP contribution in [0.4, 0.5) is 0 Å². The van der Waals surface area contributed by atoms with E-state index in [-0.39, 0.29) is 18.3 Å². The highest BCUT2D eigenvalue weighted by molar-refractivity contribution is 7.98. The number of aryl methyl sites for hydroxylation is 3. The summed E-state index contributed by atoms with van der Waals surface area (Å²) in [6, 6.07) is 11.6. The molecule has 0 spiro atoms. The van der Waals surface area contributed by atoms with Crippen molar-refractivity contribution in [2.45, 2.75) is 26.8 Å². The highest BCUT2D eigenvalue weighted by Gasteiger charge is 2.12. The van der Waals surface area contributed by atoms with Crippen LogP contribution >= 0.6 is 23.1 Å². The Balaban J connectivity index is 2.02. The second kappa shape index (κ2) is 9.41. The van der Waals surface area contributed by atoms with E-state index in [1.54, 1.807) is 23.9 Å². The molecule has 0 saturated carbocycles. The summed E-state index contributed by atoms with van der Waals surface area (Å²) >= 11 is 3.16. The molecule has 0 N–H and O–H groups in total. The predicted molar refractivity (Wildman–Crippen MR) is 120 cm³/mol. The molecule has 1 amide bonds. The number of fused-ring (bicyclic) bond motifs is 1. The van der Waals surface area contributed by atoms with Gasteiger partial charge in [-0.15, -0.1) is 0 Å². The molecule has 5 nitrogen and oxygen atoms in total. The average Bonchev–Trinajstić information content (AvgIpc) is 3.04. The molecule has 0 atom stereocenters. The van der Waals surface area contributed by atoms with Crippen LogP contribution in [0.2, 0.25) is 0 Å². The lowest BCUT2D eigenvalue weighted by molar-refractivity contribution is -0.117. The number of nitrogens with zero attached hydrogens (tertiary/aromatic N) is 2. The first-order valence-electron chi connectivity index (χ1n) is 9.27. The van der Waals surface area contributed by atoms with Gasteiger partial charge in [-0.05, 0) is 49.4 Å². The Labute approximate surface area is 178 Å². The van der Waals surface area contributed by atoms with Gasteiger partial charge in [0, 0.05) is 12.3 Å². The summed E-state index contributed by atoms with van der Waals surface area (Å²) < 4.78 is 7.78. The van der Waals surface area contributed by atoms with Gasteiger partial charge >= 0.3 is 5.97 Å². The lowest BCUT2D eigenvalue weighted by Crippen LogP contribution is -2.18. The molecule has 0 unspecified atom stereocenters. The molecule has 0 aliphatic carbocycles. The van der Waals surface area contributed by atoms with Crippen LogP contribution in [0.1, 0.15) is 27.0 Å². The molecule has 7 heteroatoms. The highest BCUT2D eigenvalue weighted by Crippen LogP contribution is 2.20. The average molecular weight is 429 g/mol. The lowest BCUT2D eigenvalue weighted by atomic mass is 10.0. The van der Waals surface area contributed by atoms with E-state index in [1.165, 1.54) is 18.4 Å². The van der Waals surface area contributed by atoms with Crippen LogP contribution in [0.25, 0.3) is 10.2 Å². The number of thioether (sulfide) groups is 1. The van der Waals surface area contributed by atoms with Crippen LogP contribution in [0.15, 0.2) is 41.4 Å². The van der Waals surface area contributed by atoms with Crippen molar-refractivity contribution in [3.8, 4) is 0 Å². The van der Waals surface area contributed by atoms with Crippen LogP contribution in [-0.4, -0.2) is 35.6 Å². The Morgan fingerprint density at radius 2 is 1.97 bits per heavy atom. The number of thiazole rings is 1. The van der Waals surface area contributed by atoms with E-state index >= 15 is 0 Å². The minimum Gasteiger partial charge on any atom is -0.465 e. The molecule has 0 aliphatic rings. The standard InChI is InChI=1S/C22H24N2O3S2/c1-14-5-6-15(2)17(11-14)13-20(25)23-22-24(9-10-28-4)18-8-7-16(21(26)27-3)12-19(18)29-22/h5-8,11-12H,9-10,13H2,1-4H3. The number of carbonyl (C=O) groups is 2. The van der Waals surface area contributed by atoms with Crippen LogP contribution in [0.5, 0.6) is 0 Å². The third-order valence-corrected chi connectivity index (χ3v) is 6.32. The van der Waals surface area contributed by atoms with Gasteiger partial charge in [0.2, 0.25) is 0 Å². The van der Waals surface area contributed by atoms with E-state index in [2.05, 4.69) is 9.56 Å². The summed E-state index contributed by atoms with van der Waals surface area (Å²) in [6.45, 7) is 4.77. The van der Waals surface area contributed by atoms with Crippen molar-refractivity contribution in [3.05, 3.63) is 63.5 Å². The van der Waals surface area contributed by atoms with E-state index in [0.29, 0.717) is 10.4 Å². The summed E-state index contributed by atoms with van der Waals surface area (Å²) in [4.78, 5) is 29.7. The molecule has 1 aromatic heterocycles. The number of rotatable bonds is 6. The maximum atomic E-state index is 12.7. The molecule has 152 valence electrons. The maximum Gasteiger partial charge on any atom is 0.337 e. The van der Waals surface area contributed by atoms with Crippen LogP contribution in [0, 0.1) is 13.8 Å². The largest absolute Gasteiger partial charge is 0.465 e. The van der Waals surface area contributed by atoms with Crippen molar-refractivity contribution in [2.24, 2.45) is 4.99 Å². The zero-order valence-electron chi connectivity index (χ0n) is 17.0. The number of methoxy groups -OCH3 is 1. The summed E-state index contributed by atoms with van der Waals surface area (Å²) in [7, 11) is 1.37. The van der Waals surface area contributed by atoms with Gasteiger partial charge < -0.3 is 9.30 Å². The Bertz CT molecular complexity index is 1130. The van der Waals surface area contributed by atoms with Gasteiger partial charge in [-0.1, -0.05) is 35.1 Å². The molecular weight excluding hydrogens is 404 g/mol. The van der Waals surface area contributed by atoms with Crippen molar-refractivity contribution in [3.63, 3.8) is 0 Å². The molecule has 0 saturated heterocycles. The second-order valence-corrected chi connectivity index (χ2v) is 8.81. The van der Waals surface area contributed by atoms with Gasteiger partial charge in [-0.25, -0.2) is 4.79 Å². The Hall–Kier alpha value is -2.38. The SMILES string of the molecule is COC(=O)c1ccc2c(c1)sc(=NC(=O)Cc1cc(C)ccc1C)n2CCSC. The quantitative estimate of drug-likeness (QED) is 0.554. The molecule has 29 heavy (non-hydrogen) atoms. The number of esters is 1. The number of aromatic nitrogens is 1. The number of benzene rings is 2. The summed E-state index contributed by atoms with van der Waals surface area (Å²) in [6.07, 6.45) is 2.32. The monoisotopic (exact) mass is 428 g/mol. The van der Waals surface area contributed by atoms with Crippen molar-refractivity contribution in [2.75, 3.05) is 19.1 Å². The van der Waals surface area contributed by atoms with Crippen LogP contribution in [0.3, 0.4) is 0 Å². The minimum absolute atomic E-state index is 0.170. The summed E-state index contributed by atoms with van der Waals surface area (Å²) in [5.74, 6) is 0.361. The van der Waals surface area contributed by atoms with Crippen LogP contribution < -0.4 is 4.80 Å². The van der Waals surface area contributed by atoms with E-state index in [4.69, 9.17) is 4.74 Å². The Kier molecular flexibility index (Phi) is 6.92. The molecule has 2 aromatic carbocycles. The Morgan fingerprint density at radius 3 is 2.69 bits per heavy atom. The smallest absolute Gasteiger partial charge is 0.337 e. The first-order chi connectivity index (χ1) is 13.9. The van der Waals surface area contributed by atoms with Gasteiger partial charge in [0.25, 0.3) is 5.91 Å². The number of amides is 1. The third-order valence-electron chi connectivity index (χ3n) is 4.69. The van der Waals surface area contributed by atoms with Crippen molar-refractivity contribution < 1.29 is 14.3 Å². The first kappa shape index (κ1) is 21.3. The Morgan fingerprint density at radius 1 is 1.17 bits per heavy atom.